The number of rotatable bonds is 1. The molecule has 0 radical (unpaired) electrons. The summed E-state index contributed by atoms with van der Waals surface area (Å²) >= 11 is 7.70. The van der Waals surface area contributed by atoms with Gasteiger partial charge in [-0.15, -0.1) is 24.0 Å². The Balaban J connectivity index is 2.87. The van der Waals surface area contributed by atoms with E-state index in [1.807, 2.05) is 6.07 Å². The third-order valence-electron chi connectivity index (χ3n) is 1.79. The van der Waals surface area contributed by atoms with Gasteiger partial charge in [-0.25, -0.2) is 0 Å². The van der Waals surface area contributed by atoms with E-state index >= 15 is 0 Å². The van der Waals surface area contributed by atoms with Crippen molar-refractivity contribution in [3.63, 3.8) is 0 Å². The Morgan fingerprint density at radius 2 is 2.21 bits per heavy atom. The topological polar surface area (TPSA) is 43.1 Å². The number of nitro groups is 1. The number of nitro benzene ring substituents is 1. The molecular weight excluding hydrogens is 333 g/mol. The van der Waals surface area contributed by atoms with Gasteiger partial charge in [0.1, 0.15) is 4.70 Å². The second-order valence-electron chi connectivity index (χ2n) is 2.65. The fourth-order valence-electron chi connectivity index (χ4n) is 1.21. The van der Waals surface area contributed by atoms with Crippen LogP contribution in [-0.4, -0.2) is 4.92 Å². The molecule has 1 aromatic carbocycles. The summed E-state index contributed by atoms with van der Waals surface area (Å²) < 4.78 is 2.51. The quantitative estimate of drug-likeness (QED) is 0.373. The largest absolute Gasteiger partial charge is 0.287 e. The highest BCUT2D eigenvalue weighted by molar-refractivity contribution is 14.1. The Kier molecular flexibility index (Phi) is 2.67. The molecule has 0 amide bonds. The van der Waals surface area contributed by atoms with Gasteiger partial charge in [0.2, 0.25) is 0 Å². The lowest BCUT2D eigenvalue weighted by Crippen LogP contribution is -1.87. The molecule has 3 nitrogen and oxygen atoms in total. The van der Waals surface area contributed by atoms with Gasteiger partial charge in [0.05, 0.1) is 9.13 Å². The lowest BCUT2D eigenvalue weighted by molar-refractivity contribution is -0.382. The van der Waals surface area contributed by atoms with E-state index in [2.05, 4.69) is 35.2 Å². The van der Waals surface area contributed by atoms with E-state index in [9.17, 15) is 10.1 Å². The van der Waals surface area contributed by atoms with Crippen molar-refractivity contribution in [3.8, 4) is 0 Å². The van der Waals surface area contributed by atoms with E-state index in [1.165, 1.54) is 17.4 Å². The van der Waals surface area contributed by atoms with Crippen LogP contribution in [0.1, 0.15) is 0 Å². The molecule has 0 aliphatic heterocycles. The Morgan fingerprint density at radius 1 is 1.50 bits per heavy atom. The van der Waals surface area contributed by atoms with Crippen LogP contribution in [0.25, 0.3) is 10.1 Å². The monoisotopic (exact) mass is 337 g/mol. The average molecular weight is 337 g/mol. The van der Waals surface area contributed by atoms with E-state index < -0.39 is 0 Å². The summed E-state index contributed by atoms with van der Waals surface area (Å²) in [6.07, 6.45) is 0. The first-order chi connectivity index (χ1) is 6.59. The highest BCUT2D eigenvalue weighted by Gasteiger charge is 2.15. The van der Waals surface area contributed by atoms with Gasteiger partial charge in [-0.1, -0.05) is 0 Å². The van der Waals surface area contributed by atoms with Gasteiger partial charge in [-0.3, -0.25) is 10.1 Å². The second-order valence-corrected chi connectivity index (χ2v) is 5.65. The van der Waals surface area contributed by atoms with Crippen molar-refractivity contribution in [3.05, 3.63) is 31.9 Å². The SMILES string of the molecule is O=[N+]([O-])c1ccc(I)c2cc(S)sc12. The molecule has 1 heterocycles. The van der Waals surface area contributed by atoms with Crippen LogP contribution in [0.3, 0.4) is 0 Å². The van der Waals surface area contributed by atoms with Crippen molar-refractivity contribution in [1.82, 2.24) is 0 Å². The molecule has 0 aliphatic rings. The smallest absolute Gasteiger partial charge is 0.258 e. The summed E-state index contributed by atoms with van der Waals surface area (Å²) in [4.78, 5) is 10.4. The first-order valence-corrected chi connectivity index (χ1v) is 5.99. The number of thiol groups is 1. The van der Waals surface area contributed by atoms with Gasteiger partial charge in [-0.2, -0.15) is 0 Å². The third kappa shape index (κ3) is 1.61. The summed E-state index contributed by atoms with van der Waals surface area (Å²) in [6, 6.07) is 5.15. The molecule has 0 bridgehead atoms. The zero-order chi connectivity index (χ0) is 10.3. The minimum absolute atomic E-state index is 0.158. The minimum atomic E-state index is -0.359. The lowest BCUT2D eigenvalue weighted by Gasteiger charge is -1.95. The van der Waals surface area contributed by atoms with Crippen LogP contribution in [-0.2, 0) is 0 Å². The summed E-state index contributed by atoms with van der Waals surface area (Å²) in [5.74, 6) is 0. The van der Waals surface area contributed by atoms with Crippen LogP contribution in [0.5, 0.6) is 0 Å². The number of nitrogens with zero attached hydrogens (tertiary/aromatic N) is 1. The van der Waals surface area contributed by atoms with Crippen LogP contribution in [0.4, 0.5) is 5.69 Å². The number of thiophene rings is 1. The molecule has 0 spiro atoms. The summed E-state index contributed by atoms with van der Waals surface area (Å²) in [5, 5.41) is 11.6. The number of hydrogen-bond donors (Lipinski definition) is 1. The van der Waals surface area contributed by atoms with Gasteiger partial charge >= 0.3 is 0 Å². The summed E-state index contributed by atoms with van der Waals surface area (Å²) in [7, 11) is 0. The number of benzene rings is 1. The molecular formula is C8H4INO2S2. The molecule has 14 heavy (non-hydrogen) atoms. The van der Waals surface area contributed by atoms with Crippen LogP contribution >= 0.6 is 46.6 Å². The van der Waals surface area contributed by atoms with Crippen molar-refractivity contribution < 1.29 is 4.92 Å². The predicted octanol–water partition coefficient (Wildman–Crippen LogP) is 3.70. The standard InChI is InChI=1S/C8H4INO2S2/c9-5-1-2-6(10(11)12)8-4(5)3-7(13)14-8/h1-3,13H. The Hall–Kier alpha value is -0.340. The Morgan fingerprint density at radius 3 is 2.86 bits per heavy atom. The normalized spacial score (nSPS) is 10.7. The molecule has 2 aromatic rings. The van der Waals surface area contributed by atoms with Crippen LogP contribution in [0.2, 0.25) is 0 Å². The number of fused-ring (bicyclic) bond motifs is 1. The predicted molar refractivity (Wildman–Crippen MR) is 68.4 cm³/mol. The fourth-order valence-corrected chi connectivity index (χ4v) is 3.31. The Bertz CT molecular complexity index is 523. The molecule has 0 atom stereocenters. The first kappa shape index (κ1) is 10.2. The van der Waals surface area contributed by atoms with Crippen molar-refractivity contribution in [1.29, 1.82) is 0 Å². The Labute approximate surface area is 103 Å². The van der Waals surface area contributed by atoms with Crippen LogP contribution < -0.4 is 0 Å². The highest BCUT2D eigenvalue weighted by Crippen LogP contribution is 2.37. The maximum Gasteiger partial charge on any atom is 0.287 e. The van der Waals surface area contributed by atoms with Gasteiger partial charge in [0.25, 0.3) is 5.69 Å². The molecule has 0 saturated heterocycles. The molecule has 0 N–H and O–H groups in total. The van der Waals surface area contributed by atoms with E-state index in [4.69, 9.17) is 0 Å². The molecule has 1 aromatic heterocycles. The van der Waals surface area contributed by atoms with Crippen LogP contribution in [0, 0.1) is 13.7 Å². The average Bonchev–Trinajstić information content (AvgIpc) is 2.47. The zero-order valence-electron chi connectivity index (χ0n) is 6.73. The van der Waals surface area contributed by atoms with Crippen molar-refractivity contribution >= 4 is 62.3 Å². The number of hydrogen-bond acceptors (Lipinski definition) is 4. The minimum Gasteiger partial charge on any atom is -0.258 e. The summed E-state index contributed by atoms with van der Waals surface area (Å²) in [5.41, 5.74) is 0.158. The molecule has 0 fully saturated rings. The van der Waals surface area contributed by atoms with Crippen molar-refractivity contribution in [2.75, 3.05) is 0 Å². The first-order valence-electron chi connectivity index (χ1n) is 3.65. The molecule has 0 aliphatic carbocycles. The molecule has 2 rings (SSSR count). The maximum absolute atomic E-state index is 10.7. The third-order valence-corrected chi connectivity index (χ3v) is 4.10. The molecule has 0 saturated carbocycles. The van der Waals surface area contributed by atoms with Crippen LogP contribution in [0.15, 0.2) is 22.4 Å². The molecule has 0 unspecified atom stereocenters. The van der Waals surface area contributed by atoms with E-state index in [1.54, 1.807) is 6.07 Å². The van der Waals surface area contributed by atoms with Gasteiger partial charge in [-0.05, 0) is 34.7 Å². The van der Waals surface area contributed by atoms with Gasteiger partial charge < -0.3 is 0 Å². The number of non-ortho nitro benzene ring substituents is 1. The van der Waals surface area contributed by atoms with Gasteiger partial charge in [0, 0.05) is 15.0 Å². The zero-order valence-corrected chi connectivity index (χ0v) is 10.6. The van der Waals surface area contributed by atoms with Crippen molar-refractivity contribution in [2.24, 2.45) is 0 Å². The van der Waals surface area contributed by atoms with E-state index in [0.717, 1.165) is 13.2 Å². The van der Waals surface area contributed by atoms with E-state index in [0.29, 0.717) is 4.70 Å². The summed E-state index contributed by atoms with van der Waals surface area (Å²) in [6.45, 7) is 0. The number of halogens is 1. The fraction of sp³-hybridized carbons (Fsp3) is 0. The maximum atomic E-state index is 10.7. The van der Waals surface area contributed by atoms with Gasteiger partial charge in [0.15, 0.2) is 0 Å². The van der Waals surface area contributed by atoms with Crippen molar-refractivity contribution in [2.45, 2.75) is 4.21 Å². The highest BCUT2D eigenvalue weighted by atomic mass is 127. The second kappa shape index (κ2) is 3.67. The van der Waals surface area contributed by atoms with E-state index in [-0.39, 0.29) is 10.6 Å². The lowest BCUT2D eigenvalue weighted by atomic mass is 10.2. The molecule has 72 valence electrons. The molecule has 6 heteroatoms.